The first kappa shape index (κ1) is 12.5. The van der Waals surface area contributed by atoms with Crippen molar-refractivity contribution in [3.05, 3.63) is 67.0 Å². The number of hydrogen-bond acceptors (Lipinski definition) is 4. The number of nitrogens with zero attached hydrogens (tertiary/aromatic N) is 4. The Morgan fingerprint density at radius 1 is 0.818 bits per heavy atom. The Balaban J connectivity index is 2.09. The van der Waals surface area contributed by atoms with Crippen LogP contribution in [0.5, 0.6) is 5.75 Å². The number of aromatic hydroxyl groups is 1. The van der Waals surface area contributed by atoms with Crippen LogP contribution in [0, 0.1) is 0 Å². The number of fused-ring (bicyclic) bond motifs is 1. The van der Waals surface area contributed by atoms with Gasteiger partial charge in [0.05, 0.1) is 0 Å². The zero-order valence-corrected chi connectivity index (χ0v) is 11.6. The first-order valence-electron chi connectivity index (χ1n) is 6.88. The van der Waals surface area contributed by atoms with Crippen LogP contribution in [-0.2, 0) is 0 Å². The number of aromatic nitrogens is 4. The first-order chi connectivity index (χ1) is 10.8. The highest BCUT2D eigenvalue weighted by atomic mass is 16.3. The molecular weight excluding hydrogens is 276 g/mol. The fraction of sp³-hybridized carbons (Fsp3) is 0. The van der Waals surface area contributed by atoms with E-state index < -0.39 is 0 Å². The van der Waals surface area contributed by atoms with Crippen molar-refractivity contribution in [2.45, 2.75) is 0 Å². The number of pyridine rings is 2. The highest BCUT2D eigenvalue weighted by molar-refractivity contribution is 5.80. The van der Waals surface area contributed by atoms with Gasteiger partial charge in [-0.3, -0.25) is 4.57 Å². The van der Waals surface area contributed by atoms with Gasteiger partial charge in [-0.1, -0.05) is 18.2 Å². The van der Waals surface area contributed by atoms with E-state index in [1.165, 1.54) is 0 Å². The van der Waals surface area contributed by atoms with Crippen molar-refractivity contribution in [2.24, 2.45) is 0 Å². The molecule has 0 unspecified atom stereocenters. The van der Waals surface area contributed by atoms with E-state index in [-0.39, 0.29) is 5.75 Å². The second kappa shape index (κ2) is 4.96. The van der Waals surface area contributed by atoms with Crippen LogP contribution in [-0.4, -0.2) is 24.6 Å². The number of para-hydroxylation sites is 1. The molecular formula is C17H12N4O. The summed E-state index contributed by atoms with van der Waals surface area (Å²) in [6.45, 7) is 0. The molecule has 0 aliphatic carbocycles. The van der Waals surface area contributed by atoms with Crippen LogP contribution in [0.1, 0.15) is 0 Å². The Morgan fingerprint density at radius 2 is 1.59 bits per heavy atom. The van der Waals surface area contributed by atoms with Crippen molar-refractivity contribution in [3.63, 3.8) is 0 Å². The SMILES string of the molecule is Oc1cccnc1-c1nc2cccnc2n1-c1ccccc1. The van der Waals surface area contributed by atoms with Crippen LogP contribution in [0.3, 0.4) is 0 Å². The predicted octanol–water partition coefficient (Wildman–Crippen LogP) is 3.19. The second-order valence-corrected chi connectivity index (χ2v) is 4.82. The summed E-state index contributed by atoms with van der Waals surface area (Å²) in [7, 11) is 0. The number of benzene rings is 1. The molecule has 0 radical (unpaired) electrons. The fourth-order valence-corrected chi connectivity index (χ4v) is 2.46. The van der Waals surface area contributed by atoms with Gasteiger partial charge in [-0.25, -0.2) is 15.0 Å². The van der Waals surface area contributed by atoms with E-state index in [4.69, 9.17) is 0 Å². The molecule has 0 aliphatic heterocycles. The Labute approximate surface area is 126 Å². The van der Waals surface area contributed by atoms with Gasteiger partial charge in [0, 0.05) is 18.1 Å². The fourth-order valence-electron chi connectivity index (χ4n) is 2.46. The largest absolute Gasteiger partial charge is 0.506 e. The molecule has 1 aromatic carbocycles. The summed E-state index contributed by atoms with van der Waals surface area (Å²) in [5.74, 6) is 0.660. The Hall–Kier alpha value is -3.21. The molecule has 0 fully saturated rings. The summed E-state index contributed by atoms with van der Waals surface area (Å²) in [5, 5.41) is 10.1. The van der Waals surface area contributed by atoms with Gasteiger partial charge in [0.2, 0.25) is 0 Å². The van der Waals surface area contributed by atoms with Crippen molar-refractivity contribution >= 4 is 11.2 Å². The lowest BCUT2D eigenvalue weighted by molar-refractivity contribution is 0.474. The standard InChI is InChI=1S/C17H12N4O/c22-14-9-5-10-18-15(14)17-20-13-8-4-11-19-16(13)21(17)12-6-2-1-3-7-12/h1-11,22H. The zero-order valence-electron chi connectivity index (χ0n) is 11.6. The Bertz CT molecular complexity index is 947. The summed E-state index contributed by atoms with van der Waals surface area (Å²) < 4.78 is 1.90. The molecule has 0 aliphatic rings. The van der Waals surface area contributed by atoms with E-state index >= 15 is 0 Å². The number of hydrogen-bond donors (Lipinski definition) is 1. The average Bonchev–Trinajstić information content (AvgIpc) is 2.95. The number of imidazole rings is 1. The molecule has 5 heteroatoms. The smallest absolute Gasteiger partial charge is 0.169 e. The molecule has 0 bridgehead atoms. The summed E-state index contributed by atoms with van der Waals surface area (Å²) in [6.07, 6.45) is 3.36. The molecule has 3 heterocycles. The molecule has 0 saturated heterocycles. The molecule has 0 spiro atoms. The maximum Gasteiger partial charge on any atom is 0.169 e. The second-order valence-electron chi connectivity index (χ2n) is 4.82. The highest BCUT2D eigenvalue weighted by Crippen LogP contribution is 2.30. The normalized spacial score (nSPS) is 10.9. The molecule has 3 aromatic heterocycles. The lowest BCUT2D eigenvalue weighted by Gasteiger charge is -2.08. The monoisotopic (exact) mass is 288 g/mol. The van der Waals surface area contributed by atoms with Crippen molar-refractivity contribution in [3.8, 4) is 23.0 Å². The van der Waals surface area contributed by atoms with Crippen LogP contribution < -0.4 is 0 Å². The molecule has 5 nitrogen and oxygen atoms in total. The molecule has 4 rings (SSSR count). The summed E-state index contributed by atoms with van der Waals surface area (Å²) in [6, 6.07) is 16.8. The maximum absolute atomic E-state index is 10.1. The van der Waals surface area contributed by atoms with E-state index in [9.17, 15) is 5.11 Å². The third kappa shape index (κ3) is 1.91. The van der Waals surface area contributed by atoms with E-state index in [1.54, 1.807) is 24.5 Å². The van der Waals surface area contributed by atoms with Crippen LogP contribution in [0.4, 0.5) is 0 Å². The summed E-state index contributed by atoms with van der Waals surface area (Å²) >= 11 is 0. The Morgan fingerprint density at radius 3 is 2.41 bits per heavy atom. The van der Waals surface area contributed by atoms with Crippen LogP contribution in [0.15, 0.2) is 67.0 Å². The molecule has 106 valence electrons. The minimum absolute atomic E-state index is 0.0926. The van der Waals surface area contributed by atoms with Crippen molar-refractivity contribution < 1.29 is 5.11 Å². The van der Waals surface area contributed by atoms with E-state index in [0.717, 1.165) is 16.9 Å². The average molecular weight is 288 g/mol. The summed E-state index contributed by atoms with van der Waals surface area (Å²) in [4.78, 5) is 13.3. The highest BCUT2D eigenvalue weighted by Gasteiger charge is 2.18. The van der Waals surface area contributed by atoms with Gasteiger partial charge >= 0.3 is 0 Å². The van der Waals surface area contributed by atoms with Crippen molar-refractivity contribution in [1.82, 2.24) is 19.5 Å². The van der Waals surface area contributed by atoms with Gasteiger partial charge in [0.25, 0.3) is 0 Å². The molecule has 22 heavy (non-hydrogen) atoms. The Kier molecular flexibility index (Phi) is 2.83. The van der Waals surface area contributed by atoms with Crippen LogP contribution >= 0.6 is 0 Å². The van der Waals surface area contributed by atoms with Gasteiger partial charge < -0.3 is 5.11 Å². The molecule has 4 aromatic rings. The first-order valence-corrected chi connectivity index (χ1v) is 6.88. The third-order valence-corrected chi connectivity index (χ3v) is 3.43. The topological polar surface area (TPSA) is 63.8 Å². The quantitative estimate of drug-likeness (QED) is 0.615. The van der Waals surface area contributed by atoms with Gasteiger partial charge in [-0.05, 0) is 36.4 Å². The molecule has 1 N–H and O–H groups in total. The van der Waals surface area contributed by atoms with E-state index in [1.807, 2.05) is 47.0 Å². The molecule has 0 saturated carbocycles. The zero-order chi connectivity index (χ0) is 14.9. The molecule has 0 atom stereocenters. The minimum Gasteiger partial charge on any atom is -0.506 e. The van der Waals surface area contributed by atoms with Gasteiger partial charge in [0.15, 0.2) is 11.5 Å². The number of rotatable bonds is 2. The van der Waals surface area contributed by atoms with E-state index in [0.29, 0.717) is 11.5 Å². The predicted molar refractivity (Wildman–Crippen MR) is 83.8 cm³/mol. The van der Waals surface area contributed by atoms with Gasteiger partial charge in [-0.2, -0.15) is 0 Å². The lowest BCUT2D eigenvalue weighted by Crippen LogP contribution is -1.99. The third-order valence-electron chi connectivity index (χ3n) is 3.43. The van der Waals surface area contributed by atoms with Gasteiger partial charge in [0.1, 0.15) is 17.0 Å². The van der Waals surface area contributed by atoms with Crippen LogP contribution in [0.25, 0.3) is 28.4 Å². The maximum atomic E-state index is 10.1. The molecule has 0 amide bonds. The van der Waals surface area contributed by atoms with Crippen LogP contribution in [0.2, 0.25) is 0 Å². The van der Waals surface area contributed by atoms with E-state index in [2.05, 4.69) is 15.0 Å². The van der Waals surface area contributed by atoms with Crippen molar-refractivity contribution in [1.29, 1.82) is 0 Å². The summed E-state index contributed by atoms with van der Waals surface area (Å²) in [5.41, 5.74) is 2.84. The lowest BCUT2D eigenvalue weighted by atomic mass is 10.2. The van der Waals surface area contributed by atoms with Crippen molar-refractivity contribution in [2.75, 3.05) is 0 Å². The van der Waals surface area contributed by atoms with Gasteiger partial charge in [-0.15, -0.1) is 0 Å². The minimum atomic E-state index is 0.0926.